The van der Waals surface area contributed by atoms with Crippen molar-refractivity contribution in [3.05, 3.63) is 0 Å². The molecule has 2 nitrogen and oxygen atoms in total. The van der Waals surface area contributed by atoms with E-state index in [2.05, 4.69) is 12.2 Å². The number of nitrogens with one attached hydrogen (secondary N) is 1. The van der Waals surface area contributed by atoms with Crippen LogP contribution in [-0.2, 0) is 0 Å². The lowest BCUT2D eigenvalue weighted by atomic mass is 9.90. The Labute approximate surface area is 127 Å². The van der Waals surface area contributed by atoms with E-state index in [1.54, 1.807) is 4.90 Å². The van der Waals surface area contributed by atoms with Gasteiger partial charge < -0.3 is 5.32 Å². The van der Waals surface area contributed by atoms with Crippen molar-refractivity contribution < 1.29 is 13.2 Å². The molecule has 0 aromatic carbocycles. The molecule has 1 N–H and O–H groups in total. The standard InChI is InChI=1S/C16H31F3N2/c1-4-11-20-14-9-7-5-6-8-10-15(14)21(13(2)3)12-16(17,18)19/h13-15,20H,4-12H2,1-3H3. The molecule has 0 heterocycles. The zero-order valence-corrected chi connectivity index (χ0v) is 13.7. The van der Waals surface area contributed by atoms with Gasteiger partial charge in [0.15, 0.2) is 0 Å². The Balaban J connectivity index is 2.84. The first-order valence-electron chi connectivity index (χ1n) is 8.41. The van der Waals surface area contributed by atoms with Crippen molar-refractivity contribution in [3.63, 3.8) is 0 Å². The van der Waals surface area contributed by atoms with Gasteiger partial charge in [-0.1, -0.05) is 32.6 Å². The highest BCUT2D eigenvalue weighted by molar-refractivity contribution is 4.88. The van der Waals surface area contributed by atoms with E-state index in [1.165, 1.54) is 6.42 Å². The van der Waals surface area contributed by atoms with Gasteiger partial charge in [0.05, 0.1) is 6.54 Å². The molecular weight excluding hydrogens is 277 g/mol. The quantitative estimate of drug-likeness (QED) is 0.785. The first-order valence-corrected chi connectivity index (χ1v) is 8.41. The van der Waals surface area contributed by atoms with Crippen molar-refractivity contribution in [1.29, 1.82) is 0 Å². The maximum atomic E-state index is 12.9. The van der Waals surface area contributed by atoms with Gasteiger partial charge in [0.1, 0.15) is 0 Å². The van der Waals surface area contributed by atoms with Gasteiger partial charge in [0, 0.05) is 18.1 Å². The third-order valence-corrected chi connectivity index (χ3v) is 4.34. The van der Waals surface area contributed by atoms with Gasteiger partial charge in [0.2, 0.25) is 0 Å². The number of hydrogen-bond donors (Lipinski definition) is 1. The summed E-state index contributed by atoms with van der Waals surface area (Å²) in [4.78, 5) is 1.67. The van der Waals surface area contributed by atoms with Crippen molar-refractivity contribution >= 4 is 0 Å². The van der Waals surface area contributed by atoms with Crippen molar-refractivity contribution in [2.45, 2.75) is 90.0 Å². The van der Waals surface area contributed by atoms with E-state index in [4.69, 9.17) is 0 Å². The molecular formula is C16H31F3N2. The lowest BCUT2D eigenvalue weighted by Gasteiger charge is -2.41. The number of alkyl halides is 3. The van der Waals surface area contributed by atoms with Crippen molar-refractivity contribution in [2.75, 3.05) is 13.1 Å². The fourth-order valence-electron chi connectivity index (χ4n) is 3.32. The van der Waals surface area contributed by atoms with Gasteiger partial charge in [-0.05, 0) is 39.7 Å². The monoisotopic (exact) mass is 308 g/mol. The fourth-order valence-corrected chi connectivity index (χ4v) is 3.32. The van der Waals surface area contributed by atoms with Crippen LogP contribution < -0.4 is 5.32 Å². The van der Waals surface area contributed by atoms with E-state index in [0.717, 1.165) is 45.1 Å². The molecule has 0 aromatic heterocycles. The smallest absolute Gasteiger partial charge is 0.312 e. The summed E-state index contributed by atoms with van der Waals surface area (Å²) in [6.45, 7) is 5.95. The lowest BCUT2D eigenvalue weighted by molar-refractivity contribution is -0.157. The third kappa shape index (κ3) is 7.00. The molecule has 0 aromatic rings. The highest BCUT2D eigenvalue weighted by atomic mass is 19.4. The lowest BCUT2D eigenvalue weighted by Crippen LogP contribution is -2.55. The van der Waals surface area contributed by atoms with E-state index in [9.17, 15) is 13.2 Å². The van der Waals surface area contributed by atoms with Gasteiger partial charge in [-0.25, -0.2) is 0 Å². The molecule has 1 aliphatic carbocycles. The summed E-state index contributed by atoms with van der Waals surface area (Å²) in [6, 6.07) is 0.107. The molecule has 0 radical (unpaired) electrons. The molecule has 1 rings (SSSR count). The van der Waals surface area contributed by atoms with E-state index < -0.39 is 12.7 Å². The van der Waals surface area contributed by atoms with E-state index in [0.29, 0.717) is 0 Å². The summed E-state index contributed by atoms with van der Waals surface area (Å²) in [5.41, 5.74) is 0. The average Bonchev–Trinajstić information content (AvgIpc) is 2.34. The Hall–Kier alpha value is -0.290. The molecule has 5 heteroatoms. The predicted octanol–water partition coefficient (Wildman–Crippen LogP) is 4.35. The predicted molar refractivity (Wildman–Crippen MR) is 81.5 cm³/mol. The summed E-state index contributed by atoms with van der Waals surface area (Å²) >= 11 is 0. The summed E-state index contributed by atoms with van der Waals surface area (Å²) in [7, 11) is 0. The second kappa shape index (κ2) is 8.99. The summed E-state index contributed by atoms with van der Waals surface area (Å²) in [6.07, 6.45) is 3.27. The van der Waals surface area contributed by atoms with Crippen LogP contribution in [0.15, 0.2) is 0 Å². The van der Waals surface area contributed by atoms with Crippen LogP contribution >= 0.6 is 0 Å². The van der Waals surface area contributed by atoms with E-state index in [-0.39, 0.29) is 18.1 Å². The summed E-state index contributed by atoms with van der Waals surface area (Å²) < 4.78 is 38.8. The maximum absolute atomic E-state index is 12.9. The zero-order valence-electron chi connectivity index (χ0n) is 13.7. The van der Waals surface area contributed by atoms with Crippen LogP contribution in [0.3, 0.4) is 0 Å². The SMILES string of the molecule is CCCNC1CCCCCCC1N(CC(F)(F)F)C(C)C. The van der Waals surface area contributed by atoms with Gasteiger partial charge in [-0.2, -0.15) is 13.2 Å². The molecule has 0 saturated heterocycles. The molecule has 0 bridgehead atoms. The van der Waals surface area contributed by atoms with Crippen LogP contribution in [0.2, 0.25) is 0 Å². The molecule has 0 aliphatic heterocycles. The Morgan fingerprint density at radius 3 is 2.24 bits per heavy atom. The van der Waals surface area contributed by atoms with Crippen LogP contribution in [0.1, 0.15) is 65.7 Å². The van der Waals surface area contributed by atoms with Crippen LogP contribution in [0, 0.1) is 0 Å². The second-order valence-corrected chi connectivity index (χ2v) is 6.50. The van der Waals surface area contributed by atoms with Gasteiger partial charge in [0.25, 0.3) is 0 Å². The largest absolute Gasteiger partial charge is 0.401 e. The van der Waals surface area contributed by atoms with Gasteiger partial charge in [-0.15, -0.1) is 0 Å². The average molecular weight is 308 g/mol. The topological polar surface area (TPSA) is 15.3 Å². The van der Waals surface area contributed by atoms with Crippen LogP contribution in [0.4, 0.5) is 13.2 Å². The second-order valence-electron chi connectivity index (χ2n) is 6.50. The van der Waals surface area contributed by atoms with Crippen molar-refractivity contribution in [3.8, 4) is 0 Å². The molecule has 126 valence electrons. The molecule has 0 amide bonds. The van der Waals surface area contributed by atoms with Gasteiger partial charge in [-0.3, -0.25) is 4.90 Å². The molecule has 1 aliphatic rings. The first kappa shape index (κ1) is 18.8. The number of hydrogen-bond acceptors (Lipinski definition) is 2. The van der Waals surface area contributed by atoms with Gasteiger partial charge >= 0.3 is 6.18 Å². The van der Waals surface area contributed by atoms with Crippen molar-refractivity contribution in [1.82, 2.24) is 10.2 Å². The fraction of sp³-hybridized carbons (Fsp3) is 1.00. The zero-order chi connectivity index (χ0) is 15.9. The number of halogens is 3. The molecule has 2 unspecified atom stereocenters. The molecule has 21 heavy (non-hydrogen) atoms. The summed E-state index contributed by atoms with van der Waals surface area (Å²) in [5.74, 6) is 0. The third-order valence-electron chi connectivity index (χ3n) is 4.34. The van der Waals surface area contributed by atoms with Crippen LogP contribution in [-0.4, -0.2) is 42.3 Å². The summed E-state index contributed by atoms with van der Waals surface area (Å²) in [5, 5.41) is 3.50. The number of nitrogens with zero attached hydrogens (tertiary/aromatic N) is 1. The van der Waals surface area contributed by atoms with Crippen molar-refractivity contribution in [2.24, 2.45) is 0 Å². The van der Waals surface area contributed by atoms with Crippen LogP contribution in [0.25, 0.3) is 0 Å². The van der Waals surface area contributed by atoms with Crippen LogP contribution in [0.5, 0.6) is 0 Å². The minimum absolute atomic E-state index is 0.00141. The number of rotatable bonds is 6. The molecule has 2 atom stereocenters. The Kier molecular flexibility index (Phi) is 8.03. The first-order chi connectivity index (χ1) is 9.85. The highest BCUT2D eigenvalue weighted by Crippen LogP contribution is 2.27. The Morgan fingerprint density at radius 2 is 1.71 bits per heavy atom. The normalized spacial score (nSPS) is 25.1. The Morgan fingerprint density at radius 1 is 1.10 bits per heavy atom. The highest BCUT2D eigenvalue weighted by Gasteiger charge is 2.37. The molecule has 1 fully saturated rings. The van der Waals surface area contributed by atoms with E-state index >= 15 is 0 Å². The minimum atomic E-state index is -4.12. The minimum Gasteiger partial charge on any atom is -0.312 e. The van der Waals surface area contributed by atoms with E-state index in [1.807, 2.05) is 13.8 Å². The maximum Gasteiger partial charge on any atom is 0.401 e. The Bertz CT molecular complexity index is 277. The molecule has 1 saturated carbocycles. The molecule has 0 spiro atoms.